The van der Waals surface area contributed by atoms with E-state index in [0.717, 1.165) is 70.4 Å². The second-order valence-corrected chi connectivity index (χ2v) is 13.3. The molecule has 45 heavy (non-hydrogen) atoms. The Morgan fingerprint density at radius 1 is 1.07 bits per heavy atom. The third kappa shape index (κ3) is 6.11. The molecule has 1 aromatic carbocycles. The highest BCUT2D eigenvalue weighted by Gasteiger charge is 2.22. The molecule has 0 bridgehead atoms. The highest BCUT2D eigenvalue weighted by molar-refractivity contribution is 7.65. The summed E-state index contributed by atoms with van der Waals surface area (Å²) in [6, 6.07) is 9.89. The number of hydrogen-bond donors (Lipinski definition) is 5. The van der Waals surface area contributed by atoms with E-state index in [1.807, 2.05) is 56.0 Å². The molecule has 0 atom stereocenters. The maximum atomic E-state index is 8.18. The monoisotopic (exact) mass is 623 g/mol. The van der Waals surface area contributed by atoms with Gasteiger partial charge in [-0.05, 0) is 44.6 Å². The molecule has 5 heterocycles. The van der Waals surface area contributed by atoms with Crippen molar-refractivity contribution >= 4 is 75.9 Å². The molecule has 0 amide bonds. The Morgan fingerprint density at radius 3 is 2.62 bits per heavy atom. The SMILES string of the molecule is CN/C=C(\C=N)c1cc(Nc2nc(Nc3cnc4cccnc4c3P(C)C)c3cc[nH]c3n2)c(OC)cc1N1CCN(C)CC1. The molecular weight excluding hydrogens is 585 g/mol. The summed E-state index contributed by atoms with van der Waals surface area (Å²) in [6.07, 6.45) is 8.71. The molecule has 12 nitrogen and oxygen atoms in total. The fraction of sp³-hybridized carbons (Fsp3) is 0.281. The summed E-state index contributed by atoms with van der Waals surface area (Å²) in [7, 11) is 5.12. The number of pyridine rings is 2. The maximum Gasteiger partial charge on any atom is 0.231 e. The number of rotatable bonds is 10. The van der Waals surface area contributed by atoms with E-state index in [-0.39, 0.29) is 0 Å². The number of methoxy groups -OCH3 is 1. The van der Waals surface area contributed by atoms with Crippen LogP contribution in [-0.4, -0.2) is 96.7 Å². The van der Waals surface area contributed by atoms with Crippen LogP contribution in [-0.2, 0) is 0 Å². The van der Waals surface area contributed by atoms with Gasteiger partial charge in [0.15, 0.2) is 0 Å². The summed E-state index contributed by atoms with van der Waals surface area (Å²) < 4.78 is 5.90. The average molecular weight is 624 g/mol. The first-order valence-electron chi connectivity index (χ1n) is 14.7. The number of likely N-dealkylation sites (N-methyl/N-ethyl adjacent to an activating group) is 1. The van der Waals surface area contributed by atoms with Gasteiger partial charge in [-0.15, -0.1) is 0 Å². The normalized spacial score (nSPS) is 14.3. The summed E-state index contributed by atoms with van der Waals surface area (Å²) in [5.74, 6) is 1.69. The maximum absolute atomic E-state index is 8.18. The molecule has 6 rings (SSSR count). The molecule has 0 radical (unpaired) electrons. The van der Waals surface area contributed by atoms with Crippen molar-refractivity contribution in [2.45, 2.75) is 0 Å². The van der Waals surface area contributed by atoms with E-state index in [9.17, 15) is 0 Å². The van der Waals surface area contributed by atoms with Crippen molar-refractivity contribution < 1.29 is 4.74 Å². The van der Waals surface area contributed by atoms with Gasteiger partial charge in [0, 0.05) is 86.2 Å². The molecule has 0 unspecified atom stereocenters. The van der Waals surface area contributed by atoms with Crippen LogP contribution in [0.15, 0.2) is 55.1 Å². The molecule has 13 heteroatoms. The van der Waals surface area contributed by atoms with Crippen molar-refractivity contribution in [3.05, 3.63) is 60.7 Å². The second-order valence-electron chi connectivity index (χ2n) is 11.1. The number of H-pyrrole nitrogens is 1. The zero-order chi connectivity index (χ0) is 31.5. The van der Waals surface area contributed by atoms with Gasteiger partial charge < -0.3 is 40.9 Å². The lowest BCUT2D eigenvalue weighted by Gasteiger charge is -2.35. The number of ether oxygens (including phenoxy) is 1. The topological polar surface area (TPSA) is 143 Å². The van der Waals surface area contributed by atoms with E-state index in [1.165, 1.54) is 6.21 Å². The smallest absolute Gasteiger partial charge is 0.231 e. The molecule has 5 N–H and O–H groups in total. The lowest BCUT2D eigenvalue weighted by molar-refractivity contribution is 0.312. The summed E-state index contributed by atoms with van der Waals surface area (Å²) in [5.41, 5.74) is 6.67. The quantitative estimate of drug-likeness (QED) is 0.110. The van der Waals surface area contributed by atoms with E-state index < -0.39 is 7.92 Å². The molecule has 1 aliphatic heterocycles. The van der Waals surface area contributed by atoms with Crippen molar-refractivity contribution in [2.24, 2.45) is 0 Å². The van der Waals surface area contributed by atoms with Gasteiger partial charge in [0.25, 0.3) is 0 Å². The van der Waals surface area contributed by atoms with Crippen LogP contribution >= 0.6 is 7.92 Å². The first kappa shape index (κ1) is 30.2. The third-order valence-electron chi connectivity index (χ3n) is 7.89. The van der Waals surface area contributed by atoms with Gasteiger partial charge in [0.05, 0.1) is 41.1 Å². The Morgan fingerprint density at radius 2 is 1.89 bits per heavy atom. The van der Waals surface area contributed by atoms with Gasteiger partial charge >= 0.3 is 0 Å². The largest absolute Gasteiger partial charge is 0.494 e. The summed E-state index contributed by atoms with van der Waals surface area (Å²) >= 11 is 0. The number of piperazine rings is 1. The van der Waals surface area contributed by atoms with Crippen LogP contribution < -0.4 is 30.9 Å². The Bertz CT molecular complexity index is 1880. The zero-order valence-electron chi connectivity index (χ0n) is 26.1. The number of anilines is 5. The van der Waals surface area contributed by atoms with E-state index in [1.54, 1.807) is 13.3 Å². The minimum absolute atomic E-state index is 0.390. The minimum Gasteiger partial charge on any atom is -0.494 e. The molecule has 5 aromatic rings. The van der Waals surface area contributed by atoms with E-state index >= 15 is 0 Å². The van der Waals surface area contributed by atoms with E-state index in [4.69, 9.17) is 20.1 Å². The van der Waals surface area contributed by atoms with E-state index in [2.05, 4.69) is 61.1 Å². The predicted molar refractivity (Wildman–Crippen MR) is 187 cm³/mol. The fourth-order valence-electron chi connectivity index (χ4n) is 5.62. The average Bonchev–Trinajstić information content (AvgIpc) is 3.53. The number of allylic oxidation sites excluding steroid dienone is 1. The Hall–Kier alpha value is -4.80. The van der Waals surface area contributed by atoms with Gasteiger partial charge in [0.1, 0.15) is 17.2 Å². The van der Waals surface area contributed by atoms with Gasteiger partial charge in [0.2, 0.25) is 5.95 Å². The number of nitrogens with one attached hydrogen (secondary N) is 5. The number of benzene rings is 1. The van der Waals surface area contributed by atoms with E-state index in [0.29, 0.717) is 28.9 Å². The third-order valence-corrected chi connectivity index (χ3v) is 9.24. The van der Waals surface area contributed by atoms with Crippen LogP contribution in [0.1, 0.15) is 5.56 Å². The predicted octanol–water partition coefficient (Wildman–Crippen LogP) is 4.73. The molecule has 1 saturated heterocycles. The minimum atomic E-state index is -0.508. The Balaban J connectivity index is 1.42. The lowest BCUT2D eigenvalue weighted by atomic mass is 10.0. The first-order chi connectivity index (χ1) is 21.9. The van der Waals surface area contributed by atoms with Gasteiger partial charge in [-0.1, -0.05) is 7.92 Å². The van der Waals surface area contributed by atoms with Crippen LogP contribution in [0, 0.1) is 5.41 Å². The number of hydrogen-bond acceptors (Lipinski definition) is 11. The van der Waals surface area contributed by atoms with Gasteiger partial charge in [-0.25, -0.2) is 0 Å². The van der Waals surface area contributed by atoms with Crippen LogP contribution in [0.5, 0.6) is 5.75 Å². The van der Waals surface area contributed by atoms with Crippen molar-refractivity contribution in [2.75, 3.05) is 76.2 Å². The number of fused-ring (bicyclic) bond motifs is 2. The highest BCUT2D eigenvalue weighted by atomic mass is 31.1. The first-order valence-corrected chi connectivity index (χ1v) is 17.0. The molecule has 1 aliphatic rings. The molecule has 0 aliphatic carbocycles. The molecule has 4 aromatic heterocycles. The summed E-state index contributed by atoms with van der Waals surface area (Å²) in [6.45, 7) is 8.10. The fourth-order valence-corrected chi connectivity index (χ4v) is 6.81. The summed E-state index contributed by atoms with van der Waals surface area (Å²) in [4.78, 5) is 26.9. The van der Waals surface area contributed by atoms with Crippen LogP contribution in [0.25, 0.3) is 27.6 Å². The summed E-state index contributed by atoms with van der Waals surface area (Å²) in [5, 5.41) is 20.2. The molecule has 0 saturated carbocycles. The second kappa shape index (κ2) is 13.1. The van der Waals surface area contributed by atoms with Crippen LogP contribution in [0.3, 0.4) is 0 Å². The van der Waals surface area contributed by atoms with Crippen LogP contribution in [0.2, 0.25) is 0 Å². The van der Waals surface area contributed by atoms with Gasteiger partial charge in [-0.3, -0.25) is 9.97 Å². The Kier molecular flexibility index (Phi) is 8.77. The highest BCUT2D eigenvalue weighted by Crippen LogP contribution is 2.39. The van der Waals surface area contributed by atoms with Gasteiger partial charge in [-0.2, -0.15) is 9.97 Å². The van der Waals surface area contributed by atoms with Crippen molar-refractivity contribution in [3.8, 4) is 5.75 Å². The molecule has 1 fully saturated rings. The molecular formula is C32H38N11OP. The number of aromatic amines is 1. The van der Waals surface area contributed by atoms with Crippen molar-refractivity contribution in [1.82, 2.24) is 35.1 Å². The lowest BCUT2D eigenvalue weighted by Crippen LogP contribution is -2.44. The standard InChI is InChI=1S/C32H38N11OP/c1-34-18-20(17-33)22-15-24(27(44-3)16-26(22)43-13-11-42(2)12-14-43)39-32-40-30-21(8-10-36-30)31(41-32)38-25-19-37-23-7-6-9-35-28(23)29(25)45(4)5/h6-10,15-19,33-34H,11-14H2,1-5H3,(H3,36,38,39,40,41)/b20-18+,33-17?. The Labute approximate surface area is 263 Å². The zero-order valence-corrected chi connectivity index (χ0v) is 27.0. The van der Waals surface area contributed by atoms with Crippen molar-refractivity contribution in [1.29, 1.82) is 5.41 Å². The van der Waals surface area contributed by atoms with Crippen molar-refractivity contribution in [3.63, 3.8) is 0 Å². The number of aromatic nitrogens is 5. The number of nitrogens with zero attached hydrogens (tertiary/aromatic N) is 6. The molecule has 232 valence electrons. The molecule has 0 spiro atoms. The van der Waals surface area contributed by atoms with Crippen LogP contribution in [0.4, 0.5) is 28.8 Å².